The molecular weight excluding hydrogens is 436 g/mol. The Hall–Kier alpha value is -3.08. The molecule has 0 aliphatic carbocycles. The molecule has 0 atom stereocenters. The quantitative estimate of drug-likeness (QED) is 0.480. The highest BCUT2D eigenvalue weighted by molar-refractivity contribution is 6.30. The molecular formula is C20H18ClF2N3O5. The lowest BCUT2D eigenvalue weighted by Gasteiger charge is -2.26. The van der Waals surface area contributed by atoms with Crippen LogP contribution in [-0.4, -0.2) is 45.6 Å². The van der Waals surface area contributed by atoms with Crippen molar-refractivity contribution >= 4 is 17.5 Å². The van der Waals surface area contributed by atoms with Crippen LogP contribution in [0.1, 0.15) is 23.2 Å². The van der Waals surface area contributed by atoms with Crippen LogP contribution in [0, 0.1) is 0 Å². The van der Waals surface area contributed by atoms with Crippen molar-refractivity contribution < 1.29 is 33.0 Å². The molecule has 11 heteroatoms. The van der Waals surface area contributed by atoms with Gasteiger partial charge in [0.15, 0.2) is 5.54 Å². The minimum Gasteiger partial charge on any atom is -0.433 e. The summed E-state index contributed by atoms with van der Waals surface area (Å²) in [6.07, 6.45) is -3.33. The lowest BCUT2D eigenvalue weighted by Crippen LogP contribution is -2.51. The summed E-state index contributed by atoms with van der Waals surface area (Å²) in [5.41, 5.74) is -1.12. The van der Waals surface area contributed by atoms with E-state index in [0.29, 0.717) is 17.5 Å². The number of aromatic nitrogens is 2. The van der Waals surface area contributed by atoms with Crippen LogP contribution in [0.5, 0.6) is 5.75 Å². The van der Waals surface area contributed by atoms with Gasteiger partial charge in [0.25, 0.3) is 11.8 Å². The average molecular weight is 454 g/mol. The van der Waals surface area contributed by atoms with Gasteiger partial charge in [-0.15, -0.1) is 0 Å². The molecule has 0 unspecified atom stereocenters. The molecule has 3 N–H and O–H groups in total. The second-order valence-corrected chi connectivity index (χ2v) is 7.15. The zero-order valence-corrected chi connectivity index (χ0v) is 16.9. The summed E-state index contributed by atoms with van der Waals surface area (Å²) in [4.78, 5) is 16.7. The number of aliphatic hydroxyl groups excluding tert-OH is 2. The molecule has 0 fully saturated rings. The fourth-order valence-electron chi connectivity index (χ4n) is 2.62. The Bertz CT molecular complexity index is 1030. The fraction of sp³-hybridized carbons (Fsp3) is 0.250. The van der Waals surface area contributed by atoms with Crippen molar-refractivity contribution in [1.82, 2.24) is 15.5 Å². The first kappa shape index (κ1) is 22.6. The Morgan fingerprint density at radius 1 is 1.13 bits per heavy atom. The predicted octanol–water partition coefficient (Wildman–Crippen LogP) is 2.99. The summed E-state index contributed by atoms with van der Waals surface area (Å²) >= 11 is 5.81. The predicted molar refractivity (Wildman–Crippen MR) is 106 cm³/mol. The van der Waals surface area contributed by atoms with Gasteiger partial charge >= 0.3 is 6.11 Å². The number of benzene rings is 2. The van der Waals surface area contributed by atoms with Gasteiger partial charge in [0.05, 0.1) is 13.2 Å². The first-order valence-corrected chi connectivity index (χ1v) is 9.35. The lowest BCUT2D eigenvalue weighted by atomic mass is 10.0. The average Bonchev–Trinajstić information content (AvgIpc) is 3.22. The van der Waals surface area contributed by atoms with Crippen LogP contribution in [-0.2, 0) is 5.54 Å². The number of carbonyl (C=O) groups excluding carboxylic acids is 1. The standard InChI is InChI=1S/C20H18ClF2N3O5/c1-19(22,23)30-15-8-4-12(5-9-15)16-24-18(31-26-16)20(10-27,11-28)25-17(29)13-2-6-14(21)7-3-13/h2-9,27-28H,10-11H2,1H3,(H,25,29). The molecule has 3 aromatic rings. The molecule has 8 nitrogen and oxygen atoms in total. The maximum Gasteiger partial charge on any atom is 0.394 e. The maximum absolute atomic E-state index is 12.9. The van der Waals surface area contributed by atoms with E-state index in [1.54, 1.807) is 0 Å². The maximum atomic E-state index is 12.9. The Kier molecular flexibility index (Phi) is 6.54. The van der Waals surface area contributed by atoms with Gasteiger partial charge in [-0.05, 0) is 48.5 Å². The van der Waals surface area contributed by atoms with Gasteiger partial charge in [-0.1, -0.05) is 16.8 Å². The molecule has 1 heterocycles. The van der Waals surface area contributed by atoms with Crippen molar-refractivity contribution in [2.45, 2.75) is 18.6 Å². The van der Waals surface area contributed by atoms with Gasteiger partial charge < -0.3 is 24.8 Å². The van der Waals surface area contributed by atoms with Gasteiger partial charge in [-0.25, -0.2) is 0 Å². The zero-order chi connectivity index (χ0) is 22.6. The van der Waals surface area contributed by atoms with Gasteiger partial charge in [-0.2, -0.15) is 13.8 Å². The number of hydrogen-bond donors (Lipinski definition) is 3. The van der Waals surface area contributed by atoms with E-state index in [1.165, 1.54) is 48.5 Å². The van der Waals surface area contributed by atoms with Gasteiger partial charge in [-0.3, -0.25) is 4.79 Å². The molecule has 0 saturated carbocycles. The number of nitrogens with one attached hydrogen (secondary N) is 1. The summed E-state index contributed by atoms with van der Waals surface area (Å²) in [5.74, 6) is -0.858. The molecule has 0 aliphatic rings. The van der Waals surface area contributed by atoms with E-state index < -0.39 is 30.8 Å². The summed E-state index contributed by atoms with van der Waals surface area (Å²) in [6.45, 7) is -0.847. The summed E-state index contributed by atoms with van der Waals surface area (Å²) < 4.78 is 35.5. The van der Waals surface area contributed by atoms with Crippen LogP contribution >= 0.6 is 11.6 Å². The van der Waals surface area contributed by atoms with E-state index in [1.807, 2.05) is 0 Å². The first-order chi connectivity index (χ1) is 14.7. The molecule has 1 aromatic heterocycles. The number of ether oxygens (including phenoxy) is 1. The second kappa shape index (κ2) is 8.96. The molecule has 0 bridgehead atoms. The molecule has 31 heavy (non-hydrogen) atoms. The minimum atomic E-state index is -3.33. The molecule has 3 rings (SSSR count). The van der Waals surface area contributed by atoms with Crippen molar-refractivity contribution in [3.63, 3.8) is 0 Å². The third-order valence-corrected chi connectivity index (χ3v) is 4.50. The third-order valence-electron chi connectivity index (χ3n) is 4.24. The van der Waals surface area contributed by atoms with E-state index in [-0.39, 0.29) is 23.0 Å². The van der Waals surface area contributed by atoms with Crippen molar-refractivity contribution in [2.24, 2.45) is 0 Å². The molecule has 0 radical (unpaired) electrons. The van der Waals surface area contributed by atoms with Crippen molar-refractivity contribution in [1.29, 1.82) is 0 Å². The van der Waals surface area contributed by atoms with Crippen molar-refractivity contribution in [2.75, 3.05) is 13.2 Å². The largest absolute Gasteiger partial charge is 0.433 e. The highest BCUT2D eigenvalue weighted by Gasteiger charge is 2.39. The molecule has 0 saturated heterocycles. The highest BCUT2D eigenvalue weighted by atomic mass is 35.5. The lowest BCUT2D eigenvalue weighted by molar-refractivity contribution is -0.158. The third kappa shape index (κ3) is 5.35. The number of alkyl halides is 2. The summed E-state index contributed by atoms with van der Waals surface area (Å²) in [7, 11) is 0. The van der Waals surface area contributed by atoms with Crippen LogP contribution in [0.2, 0.25) is 5.02 Å². The number of amides is 1. The van der Waals surface area contributed by atoms with Crippen LogP contribution in [0.25, 0.3) is 11.4 Å². The van der Waals surface area contributed by atoms with Crippen LogP contribution in [0.3, 0.4) is 0 Å². The van der Waals surface area contributed by atoms with Gasteiger partial charge in [0.1, 0.15) is 5.75 Å². The number of carbonyl (C=O) groups is 1. The van der Waals surface area contributed by atoms with E-state index in [0.717, 1.165) is 0 Å². The van der Waals surface area contributed by atoms with Crippen LogP contribution in [0.4, 0.5) is 8.78 Å². The van der Waals surface area contributed by atoms with E-state index in [2.05, 4.69) is 20.2 Å². The minimum absolute atomic E-state index is 0.0526. The van der Waals surface area contributed by atoms with Crippen LogP contribution in [0.15, 0.2) is 53.1 Å². The number of hydrogen-bond acceptors (Lipinski definition) is 7. The van der Waals surface area contributed by atoms with Crippen molar-refractivity contribution in [3.05, 3.63) is 65.0 Å². The number of rotatable bonds is 8. The van der Waals surface area contributed by atoms with E-state index in [4.69, 9.17) is 16.1 Å². The van der Waals surface area contributed by atoms with Gasteiger partial charge in [0.2, 0.25) is 5.82 Å². The first-order valence-electron chi connectivity index (χ1n) is 8.97. The highest BCUT2D eigenvalue weighted by Crippen LogP contribution is 2.27. The monoisotopic (exact) mass is 453 g/mol. The SMILES string of the molecule is CC(F)(F)Oc1ccc(-c2noc(C(CO)(CO)NC(=O)c3ccc(Cl)cc3)n2)cc1. The molecule has 0 spiro atoms. The number of halogens is 3. The topological polar surface area (TPSA) is 118 Å². The Morgan fingerprint density at radius 2 is 1.74 bits per heavy atom. The smallest absolute Gasteiger partial charge is 0.394 e. The normalized spacial score (nSPS) is 11.9. The Balaban J connectivity index is 1.83. The Labute approximate surface area is 180 Å². The number of nitrogens with zero attached hydrogens (tertiary/aromatic N) is 2. The zero-order valence-electron chi connectivity index (χ0n) is 16.2. The Morgan fingerprint density at radius 3 is 2.29 bits per heavy atom. The number of aliphatic hydroxyl groups is 2. The molecule has 1 amide bonds. The second-order valence-electron chi connectivity index (χ2n) is 6.72. The molecule has 164 valence electrons. The van der Waals surface area contributed by atoms with Gasteiger partial charge in [0, 0.05) is 23.1 Å². The molecule has 0 aliphatic heterocycles. The van der Waals surface area contributed by atoms with E-state index in [9.17, 15) is 23.8 Å². The van der Waals surface area contributed by atoms with Crippen LogP contribution < -0.4 is 10.1 Å². The van der Waals surface area contributed by atoms with E-state index >= 15 is 0 Å². The summed E-state index contributed by atoms with van der Waals surface area (Å²) in [5, 5.41) is 26.5. The van der Waals surface area contributed by atoms with Crippen molar-refractivity contribution in [3.8, 4) is 17.1 Å². The fourth-order valence-corrected chi connectivity index (χ4v) is 2.75. The molecule has 2 aromatic carbocycles. The summed E-state index contributed by atoms with van der Waals surface area (Å²) in [6, 6.07) is 11.4.